The number of sulfone groups is 1. The van der Waals surface area contributed by atoms with E-state index in [0.717, 1.165) is 16.8 Å². The minimum Gasteiger partial charge on any atom is -0.306 e. The first-order chi connectivity index (χ1) is 12.4. The fourth-order valence-corrected chi connectivity index (χ4v) is 5.97. The molecule has 0 radical (unpaired) electrons. The van der Waals surface area contributed by atoms with Gasteiger partial charge in [0.2, 0.25) is 5.91 Å². The molecule has 26 heavy (non-hydrogen) atoms. The maximum absolute atomic E-state index is 12.9. The highest BCUT2D eigenvalue weighted by molar-refractivity contribution is 7.91. The molecule has 0 spiro atoms. The van der Waals surface area contributed by atoms with Crippen molar-refractivity contribution in [2.45, 2.75) is 25.6 Å². The Morgan fingerprint density at radius 2 is 1.62 bits per heavy atom. The van der Waals surface area contributed by atoms with Crippen LogP contribution in [0.1, 0.15) is 11.1 Å². The standard InChI is InChI=1S/C20H22N2O3S/c1-15-7-9-17(10-8-15)22-19-14-26(24,25)13-18(19)21(12-20(22)23)11-16-5-3-2-4-6-16/h2-10,18-19H,11-14H2,1H3/t18-,19+/m0/s1. The Balaban J connectivity index is 1.67. The fourth-order valence-electron chi connectivity index (χ4n) is 3.99. The summed E-state index contributed by atoms with van der Waals surface area (Å²) in [7, 11) is -3.16. The lowest BCUT2D eigenvalue weighted by molar-refractivity contribution is -0.123. The SMILES string of the molecule is Cc1ccc(N2C(=O)CN(Cc3ccccc3)[C@H]3CS(=O)(=O)C[C@H]32)cc1. The lowest BCUT2D eigenvalue weighted by Gasteiger charge is -2.43. The number of fused-ring (bicyclic) bond motifs is 1. The zero-order valence-corrected chi connectivity index (χ0v) is 15.5. The van der Waals surface area contributed by atoms with E-state index in [4.69, 9.17) is 0 Å². The van der Waals surface area contributed by atoms with E-state index < -0.39 is 9.84 Å². The molecule has 2 heterocycles. The molecular weight excluding hydrogens is 348 g/mol. The molecule has 2 aromatic carbocycles. The quantitative estimate of drug-likeness (QED) is 0.829. The molecule has 0 aromatic heterocycles. The highest BCUT2D eigenvalue weighted by Gasteiger charge is 2.49. The predicted octanol–water partition coefficient (Wildman–Crippen LogP) is 2.01. The van der Waals surface area contributed by atoms with E-state index in [9.17, 15) is 13.2 Å². The normalized spacial score (nSPS) is 25.3. The van der Waals surface area contributed by atoms with Crippen LogP contribution in [0.5, 0.6) is 0 Å². The van der Waals surface area contributed by atoms with Gasteiger partial charge in [0.15, 0.2) is 9.84 Å². The van der Waals surface area contributed by atoms with Gasteiger partial charge in [-0.25, -0.2) is 8.42 Å². The summed E-state index contributed by atoms with van der Waals surface area (Å²) in [4.78, 5) is 16.7. The summed E-state index contributed by atoms with van der Waals surface area (Å²) in [6.07, 6.45) is 0. The van der Waals surface area contributed by atoms with E-state index in [0.29, 0.717) is 6.54 Å². The van der Waals surface area contributed by atoms with Crippen molar-refractivity contribution >= 4 is 21.4 Å². The van der Waals surface area contributed by atoms with Gasteiger partial charge in [0.05, 0.1) is 24.1 Å². The summed E-state index contributed by atoms with van der Waals surface area (Å²) >= 11 is 0. The summed E-state index contributed by atoms with van der Waals surface area (Å²) in [6, 6.07) is 17.1. The summed E-state index contributed by atoms with van der Waals surface area (Å²) in [5.74, 6) is 0.103. The number of hydrogen-bond acceptors (Lipinski definition) is 4. The summed E-state index contributed by atoms with van der Waals surface area (Å²) < 4.78 is 24.7. The second kappa shape index (κ2) is 6.52. The monoisotopic (exact) mass is 370 g/mol. The predicted molar refractivity (Wildman–Crippen MR) is 102 cm³/mol. The molecule has 0 N–H and O–H groups in total. The molecule has 136 valence electrons. The molecule has 1 amide bonds. The van der Waals surface area contributed by atoms with E-state index in [-0.39, 0.29) is 36.0 Å². The van der Waals surface area contributed by atoms with E-state index in [2.05, 4.69) is 0 Å². The molecule has 0 aliphatic carbocycles. The number of rotatable bonds is 3. The molecule has 2 aliphatic heterocycles. The Bertz CT molecular complexity index is 910. The zero-order chi connectivity index (χ0) is 18.3. The second-order valence-corrected chi connectivity index (χ2v) is 9.36. The van der Waals surface area contributed by atoms with Gasteiger partial charge in [-0.1, -0.05) is 48.0 Å². The average Bonchev–Trinajstić information content (AvgIpc) is 2.92. The van der Waals surface area contributed by atoms with E-state index in [1.165, 1.54) is 0 Å². The third-order valence-electron chi connectivity index (χ3n) is 5.24. The van der Waals surface area contributed by atoms with Gasteiger partial charge in [-0.3, -0.25) is 9.69 Å². The van der Waals surface area contributed by atoms with Gasteiger partial charge in [-0.15, -0.1) is 0 Å². The lowest BCUT2D eigenvalue weighted by atomic mass is 10.0. The smallest absolute Gasteiger partial charge is 0.241 e. The van der Waals surface area contributed by atoms with E-state index in [1.54, 1.807) is 4.90 Å². The van der Waals surface area contributed by atoms with Crippen LogP contribution in [0.2, 0.25) is 0 Å². The Labute approximate surface area is 154 Å². The van der Waals surface area contributed by atoms with Crippen molar-refractivity contribution in [1.29, 1.82) is 0 Å². The van der Waals surface area contributed by atoms with Crippen molar-refractivity contribution in [2.24, 2.45) is 0 Å². The number of carbonyl (C=O) groups is 1. The molecule has 2 saturated heterocycles. The molecule has 0 unspecified atom stereocenters. The molecule has 2 aliphatic rings. The maximum atomic E-state index is 12.9. The van der Waals surface area contributed by atoms with Gasteiger partial charge in [0, 0.05) is 18.3 Å². The molecular formula is C20H22N2O3S. The highest BCUT2D eigenvalue weighted by Crippen LogP contribution is 2.32. The Morgan fingerprint density at radius 1 is 0.962 bits per heavy atom. The van der Waals surface area contributed by atoms with Crippen LogP contribution in [-0.2, 0) is 21.2 Å². The van der Waals surface area contributed by atoms with Gasteiger partial charge in [-0.2, -0.15) is 0 Å². The molecule has 0 saturated carbocycles. The van der Waals surface area contributed by atoms with Crippen LogP contribution in [-0.4, -0.2) is 49.4 Å². The Hall–Kier alpha value is -2.18. The lowest BCUT2D eigenvalue weighted by Crippen LogP contribution is -2.61. The number of aryl methyl sites for hydroxylation is 1. The van der Waals surface area contributed by atoms with Gasteiger partial charge < -0.3 is 4.90 Å². The number of piperazine rings is 1. The topological polar surface area (TPSA) is 57.7 Å². The van der Waals surface area contributed by atoms with Crippen molar-refractivity contribution < 1.29 is 13.2 Å². The molecule has 2 fully saturated rings. The minimum atomic E-state index is -3.16. The third kappa shape index (κ3) is 3.27. The molecule has 5 nitrogen and oxygen atoms in total. The first-order valence-corrected chi connectivity index (χ1v) is 10.6. The van der Waals surface area contributed by atoms with Crippen molar-refractivity contribution in [3.8, 4) is 0 Å². The number of benzene rings is 2. The van der Waals surface area contributed by atoms with Crippen molar-refractivity contribution in [3.63, 3.8) is 0 Å². The van der Waals surface area contributed by atoms with Gasteiger partial charge >= 0.3 is 0 Å². The molecule has 2 atom stereocenters. The number of nitrogens with zero attached hydrogens (tertiary/aromatic N) is 2. The largest absolute Gasteiger partial charge is 0.306 e. The Kier molecular flexibility index (Phi) is 4.32. The third-order valence-corrected chi connectivity index (χ3v) is 6.94. The van der Waals surface area contributed by atoms with Crippen LogP contribution in [0.15, 0.2) is 54.6 Å². The maximum Gasteiger partial charge on any atom is 0.241 e. The number of anilines is 1. The van der Waals surface area contributed by atoms with Crippen LogP contribution in [0, 0.1) is 6.92 Å². The second-order valence-electron chi connectivity index (χ2n) is 7.20. The van der Waals surface area contributed by atoms with Gasteiger partial charge in [0.25, 0.3) is 0 Å². The summed E-state index contributed by atoms with van der Waals surface area (Å²) in [5.41, 5.74) is 2.98. The van der Waals surface area contributed by atoms with Crippen molar-refractivity contribution in [1.82, 2.24) is 4.90 Å². The average molecular weight is 370 g/mol. The highest BCUT2D eigenvalue weighted by atomic mass is 32.2. The number of amides is 1. The molecule has 6 heteroatoms. The number of carbonyl (C=O) groups excluding carboxylic acids is 1. The molecule has 2 aromatic rings. The fraction of sp³-hybridized carbons (Fsp3) is 0.350. The first kappa shape index (κ1) is 17.2. The van der Waals surface area contributed by atoms with Gasteiger partial charge in [0.1, 0.15) is 0 Å². The van der Waals surface area contributed by atoms with E-state index in [1.807, 2.05) is 66.4 Å². The first-order valence-electron chi connectivity index (χ1n) is 8.80. The van der Waals surface area contributed by atoms with Crippen LogP contribution in [0.25, 0.3) is 0 Å². The molecule has 0 bridgehead atoms. The van der Waals surface area contributed by atoms with Crippen LogP contribution < -0.4 is 4.90 Å². The number of hydrogen-bond donors (Lipinski definition) is 0. The molecule has 4 rings (SSSR count). The van der Waals surface area contributed by atoms with Crippen molar-refractivity contribution in [3.05, 3.63) is 65.7 Å². The minimum absolute atomic E-state index is 0.0303. The van der Waals surface area contributed by atoms with E-state index >= 15 is 0 Å². The zero-order valence-electron chi connectivity index (χ0n) is 14.7. The van der Waals surface area contributed by atoms with Crippen LogP contribution in [0.3, 0.4) is 0 Å². The van der Waals surface area contributed by atoms with Crippen LogP contribution in [0.4, 0.5) is 5.69 Å². The van der Waals surface area contributed by atoms with Crippen molar-refractivity contribution in [2.75, 3.05) is 23.0 Å². The van der Waals surface area contributed by atoms with Crippen LogP contribution >= 0.6 is 0 Å². The summed E-state index contributed by atoms with van der Waals surface area (Å²) in [6.45, 7) is 2.82. The van der Waals surface area contributed by atoms with Gasteiger partial charge in [-0.05, 0) is 24.6 Å². The summed E-state index contributed by atoms with van der Waals surface area (Å²) in [5, 5.41) is 0. The Morgan fingerprint density at radius 3 is 2.31 bits per heavy atom.